The van der Waals surface area contributed by atoms with Gasteiger partial charge in [0, 0.05) is 18.5 Å². The maximum atomic E-state index is 11.7. The predicted molar refractivity (Wildman–Crippen MR) is 71.1 cm³/mol. The first-order chi connectivity index (χ1) is 8.66. The molecule has 4 nitrogen and oxygen atoms in total. The fraction of sp³-hybridized carbons (Fsp3) is 0.929. The number of nitrogens with one attached hydrogen (secondary N) is 1. The third-order valence-electron chi connectivity index (χ3n) is 4.22. The largest absolute Gasteiger partial charge is 0.376 e. The summed E-state index contributed by atoms with van der Waals surface area (Å²) in [5, 5.41) is 2.96. The van der Waals surface area contributed by atoms with Gasteiger partial charge in [0.15, 0.2) is 0 Å². The number of amides is 1. The van der Waals surface area contributed by atoms with Crippen molar-refractivity contribution in [3.63, 3.8) is 0 Å². The van der Waals surface area contributed by atoms with E-state index < -0.39 is 0 Å². The Balaban J connectivity index is 1.51. The van der Waals surface area contributed by atoms with E-state index in [9.17, 15) is 4.79 Å². The minimum Gasteiger partial charge on any atom is -0.376 e. The number of ether oxygens (including phenoxy) is 1. The minimum atomic E-state index is 0.178. The van der Waals surface area contributed by atoms with Crippen LogP contribution in [0.4, 0.5) is 0 Å². The van der Waals surface area contributed by atoms with Gasteiger partial charge in [-0.1, -0.05) is 6.92 Å². The molecule has 2 rings (SSSR count). The molecule has 0 spiro atoms. The monoisotopic (exact) mass is 254 g/mol. The normalized spacial score (nSPS) is 29.9. The summed E-state index contributed by atoms with van der Waals surface area (Å²) in [6.07, 6.45) is 7.04. The number of rotatable bonds is 6. The zero-order valence-electron chi connectivity index (χ0n) is 11.4. The summed E-state index contributed by atoms with van der Waals surface area (Å²) in [5.74, 6) is 0.996. The number of carbonyl (C=O) groups is 1. The molecule has 2 aliphatic carbocycles. The molecule has 18 heavy (non-hydrogen) atoms. The SMILES string of the molecule is CC(C(=O)NCCOC1CCC(N)CC1)C1CC1. The average Bonchev–Trinajstić information content (AvgIpc) is 3.20. The van der Waals surface area contributed by atoms with Crippen molar-refractivity contribution in [3.05, 3.63) is 0 Å². The average molecular weight is 254 g/mol. The fourth-order valence-corrected chi connectivity index (χ4v) is 2.63. The van der Waals surface area contributed by atoms with Crippen LogP contribution < -0.4 is 11.1 Å². The van der Waals surface area contributed by atoms with Gasteiger partial charge >= 0.3 is 0 Å². The van der Waals surface area contributed by atoms with Gasteiger partial charge in [0.1, 0.15) is 0 Å². The summed E-state index contributed by atoms with van der Waals surface area (Å²) in [5.41, 5.74) is 5.85. The first-order valence-corrected chi connectivity index (χ1v) is 7.31. The van der Waals surface area contributed by atoms with Crippen LogP contribution in [0.1, 0.15) is 45.4 Å². The third-order valence-corrected chi connectivity index (χ3v) is 4.22. The van der Waals surface area contributed by atoms with Gasteiger partial charge in [0.2, 0.25) is 5.91 Å². The van der Waals surface area contributed by atoms with Crippen molar-refractivity contribution >= 4 is 5.91 Å². The van der Waals surface area contributed by atoms with Crippen LogP contribution in [0.15, 0.2) is 0 Å². The lowest BCUT2D eigenvalue weighted by Crippen LogP contribution is -2.35. The molecular formula is C14H26N2O2. The molecular weight excluding hydrogens is 228 g/mol. The predicted octanol–water partition coefficient (Wildman–Crippen LogP) is 1.44. The van der Waals surface area contributed by atoms with E-state index in [1.165, 1.54) is 12.8 Å². The van der Waals surface area contributed by atoms with E-state index in [2.05, 4.69) is 5.32 Å². The van der Waals surface area contributed by atoms with Crippen molar-refractivity contribution < 1.29 is 9.53 Å². The standard InChI is InChI=1S/C14H26N2O2/c1-10(11-2-3-11)14(17)16-8-9-18-13-6-4-12(15)5-7-13/h10-13H,2-9,15H2,1H3,(H,16,17). The van der Waals surface area contributed by atoms with Crippen LogP contribution in [0.25, 0.3) is 0 Å². The van der Waals surface area contributed by atoms with Crippen LogP contribution in [0.5, 0.6) is 0 Å². The van der Waals surface area contributed by atoms with Gasteiger partial charge in [-0.05, 0) is 44.4 Å². The summed E-state index contributed by atoms with van der Waals surface area (Å²) < 4.78 is 5.77. The molecule has 104 valence electrons. The Morgan fingerprint density at radius 2 is 1.94 bits per heavy atom. The molecule has 0 aliphatic heterocycles. The summed E-state index contributed by atoms with van der Waals surface area (Å²) in [7, 11) is 0. The van der Waals surface area contributed by atoms with E-state index in [-0.39, 0.29) is 11.8 Å². The van der Waals surface area contributed by atoms with Gasteiger partial charge in [0.25, 0.3) is 0 Å². The quantitative estimate of drug-likeness (QED) is 0.705. The zero-order valence-corrected chi connectivity index (χ0v) is 11.4. The molecule has 0 saturated heterocycles. The van der Waals surface area contributed by atoms with E-state index >= 15 is 0 Å². The summed E-state index contributed by atoms with van der Waals surface area (Å²) in [6.45, 7) is 3.29. The molecule has 2 aliphatic rings. The second kappa shape index (κ2) is 6.53. The van der Waals surface area contributed by atoms with E-state index in [0.717, 1.165) is 25.7 Å². The van der Waals surface area contributed by atoms with Crippen molar-refractivity contribution in [3.8, 4) is 0 Å². The van der Waals surface area contributed by atoms with Crippen molar-refractivity contribution in [1.82, 2.24) is 5.32 Å². The van der Waals surface area contributed by atoms with Crippen molar-refractivity contribution in [2.45, 2.75) is 57.6 Å². The van der Waals surface area contributed by atoms with Crippen LogP contribution >= 0.6 is 0 Å². The van der Waals surface area contributed by atoms with Gasteiger partial charge in [-0.2, -0.15) is 0 Å². The Bertz CT molecular complexity index is 271. The molecule has 0 aromatic rings. The Kier molecular flexibility index (Phi) is 5.01. The molecule has 0 radical (unpaired) electrons. The van der Waals surface area contributed by atoms with Gasteiger partial charge in [0.05, 0.1) is 12.7 Å². The lowest BCUT2D eigenvalue weighted by molar-refractivity contribution is -0.125. The van der Waals surface area contributed by atoms with Crippen molar-refractivity contribution in [2.75, 3.05) is 13.2 Å². The molecule has 0 aromatic heterocycles. The van der Waals surface area contributed by atoms with E-state index in [4.69, 9.17) is 10.5 Å². The molecule has 1 atom stereocenters. The Morgan fingerprint density at radius 3 is 2.56 bits per heavy atom. The van der Waals surface area contributed by atoms with Gasteiger partial charge in [-0.25, -0.2) is 0 Å². The van der Waals surface area contributed by atoms with Gasteiger partial charge in [-0.15, -0.1) is 0 Å². The molecule has 1 amide bonds. The third kappa shape index (κ3) is 4.25. The molecule has 1 unspecified atom stereocenters. The summed E-state index contributed by atoms with van der Waals surface area (Å²) in [4.78, 5) is 11.7. The molecule has 2 saturated carbocycles. The van der Waals surface area contributed by atoms with E-state index in [1.807, 2.05) is 6.92 Å². The fourth-order valence-electron chi connectivity index (χ4n) is 2.63. The number of hydrogen-bond donors (Lipinski definition) is 2. The second-order valence-corrected chi connectivity index (χ2v) is 5.82. The highest BCUT2D eigenvalue weighted by atomic mass is 16.5. The summed E-state index contributed by atoms with van der Waals surface area (Å²) >= 11 is 0. The van der Waals surface area contributed by atoms with Gasteiger partial charge in [-0.3, -0.25) is 4.79 Å². The van der Waals surface area contributed by atoms with Crippen LogP contribution in [0.2, 0.25) is 0 Å². The topological polar surface area (TPSA) is 64.3 Å². The molecule has 0 heterocycles. The molecule has 3 N–H and O–H groups in total. The molecule has 0 aromatic carbocycles. The highest BCUT2D eigenvalue weighted by Gasteiger charge is 2.32. The number of nitrogens with two attached hydrogens (primary N) is 1. The van der Waals surface area contributed by atoms with E-state index in [0.29, 0.717) is 31.2 Å². The van der Waals surface area contributed by atoms with Crippen LogP contribution in [0, 0.1) is 11.8 Å². The van der Waals surface area contributed by atoms with Crippen LogP contribution in [-0.4, -0.2) is 31.2 Å². The second-order valence-electron chi connectivity index (χ2n) is 5.82. The number of carbonyl (C=O) groups excluding carboxylic acids is 1. The molecule has 4 heteroatoms. The first-order valence-electron chi connectivity index (χ1n) is 7.31. The Labute approximate surface area is 110 Å². The lowest BCUT2D eigenvalue weighted by Gasteiger charge is -2.26. The zero-order chi connectivity index (χ0) is 13.0. The Hall–Kier alpha value is -0.610. The number of hydrogen-bond acceptors (Lipinski definition) is 3. The molecule has 0 bridgehead atoms. The Morgan fingerprint density at radius 1 is 1.28 bits per heavy atom. The maximum Gasteiger partial charge on any atom is 0.223 e. The van der Waals surface area contributed by atoms with Crippen LogP contribution in [0.3, 0.4) is 0 Å². The minimum absolute atomic E-state index is 0.178. The van der Waals surface area contributed by atoms with E-state index in [1.54, 1.807) is 0 Å². The highest BCUT2D eigenvalue weighted by molar-refractivity contribution is 5.78. The van der Waals surface area contributed by atoms with Crippen LogP contribution in [-0.2, 0) is 9.53 Å². The lowest BCUT2D eigenvalue weighted by atomic mass is 9.94. The first kappa shape index (κ1) is 13.8. The smallest absolute Gasteiger partial charge is 0.223 e. The van der Waals surface area contributed by atoms with Crippen molar-refractivity contribution in [1.29, 1.82) is 0 Å². The highest BCUT2D eigenvalue weighted by Crippen LogP contribution is 2.36. The maximum absolute atomic E-state index is 11.7. The van der Waals surface area contributed by atoms with Gasteiger partial charge < -0.3 is 15.8 Å². The molecule has 2 fully saturated rings. The van der Waals surface area contributed by atoms with Crippen molar-refractivity contribution in [2.24, 2.45) is 17.6 Å². The summed E-state index contributed by atoms with van der Waals surface area (Å²) in [6, 6.07) is 0.365.